The smallest absolute Gasteiger partial charge is 0.295 e. The topological polar surface area (TPSA) is 97.8 Å². The molecule has 9 heteroatoms. The molecule has 192 valence electrons. The zero-order valence-corrected chi connectivity index (χ0v) is 21.1. The van der Waals surface area contributed by atoms with E-state index in [1.165, 1.54) is 12.0 Å². The van der Waals surface area contributed by atoms with Crippen LogP contribution in [0.2, 0.25) is 0 Å². The van der Waals surface area contributed by atoms with E-state index in [9.17, 15) is 14.7 Å². The zero-order valence-electron chi connectivity index (χ0n) is 21.1. The number of carbonyl (C=O) groups is 2. The predicted octanol–water partition coefficient (Wildman–Crippen LogP) is 3.24. The second-order valence-corrected chi connectivity index (χ2v) is 8.49. The summed E-state index contributed by atoms with van der Waals surface area (Å²) in [4.78, 5) is 30.3. The maximum atomic E-state index is 13.4. The number of hydrogen-bond donors (Lipinski definition) is 1. The molecule has 1 N–H and O–H groups in total. The van der Waals surface area contributed by atoms with Gasteiger partial charge in [-0.25, -0.2) is 0 Å². The Morgan fingerprint density at radius 2 is 1.75 bits per heavy atom. The summed E-state index contributed by atoms with van der Waals surface area (Å²) < 4.78 is 22.2. The third-order valence-electron chi connectivity index (χ3n) is 6.64. The summed E-state index contributed by atoms with van der Waals surface area (Å²) in [5, 5.41) is 11.4. The number of carbonyl (C=O) groups excluding carboxylic acids is 2. The lowest BCUT2D eigenvalue weighted by Gasteiger charge is -2.29. The molecule has 1 atom stereocenters. The van der Waals surface area contributed by atoms with Crippen LogP contribution in [0.1, 0.15) is 31.0 Å². The molecule has 1 saturated heterocycles. The number of likely N-dealkylation sites (N-methyl/N-ethyl adjacent to an activating group) is 1. The Bertz CT molecular complexity index is 1170. The van der Waals surface area contributed by atoms with Crippen LogP contribution in [0.3, 0.4) is 0 Å². The first-order valence-corrected chi connectivity index (χ1v) is 12.1. The second kappa shape index (κ2) is 10.9. The summed E-state index contributed by atoms with van der Waals surface area (Å²) in [5.41, 5.74) is 0.939. The van der Waals surface area contributed by atoms with Crippen molar-refractivity contribution in [3.05, 3.63) is 53.1 Å². The summed E-state index contributed by atoms with van der Waals surface area (Å²) in [5.74, 6) is 0.364. The van der Waals surface area contributed by atoms with Gasteiger partial charge >= 0.3 is 0 Å². The number of ketones is 1. The van der Waals surface area contributed by atoms with Crippen LogP contribution in [0, 0.1) is 0 Å². The summed E-state index contributed by atoms with van der Waals surface area (Å²) >= 11 is 0. The number of hydrogen-bond acceptors (Lipinski definition) is 8. The Hall–Kier alpha value is -3.72. The highest BCUT2D eigenvalue weighted by molar-refractivity contribution is 6.46. The van der Waals surface area contributed by atoms with Crippen molar-refractivity contribution in [3.63, 3.8) is 0 Å². The lowest BCUT2D eigenvalue weighted by Crippen LogP contribution is -2.38. The van der Waals surface area contributed by atoms with E-state index in [1.54, 1.807) is 43.5 Å². The molecule has 1 unspecified atom stereocenters. The fourth-order valence-corrected chi connectivity index (χ4v) is 4.61. The van der Waals surface area contributed by atoms with E-state index >= 15 is 0 Å². The van der Waals surface area contributed by atoms with E-state index in [4.69, 9.17) is 18.9 Å². The van der Waals surface area contributed by atoms with Crippen LogP contribution in [-0.4, -0.2) is 80.2 Å². The van der Waals surface area contributed by atoms with Gasteiger partial charge in [-0.1, -0.05) is 13.8 Å². The number of rotatable bonds is 9. The number of Topliss-reactive ketones (excluding diaryl/α,β-unsaturated/α-hetero) is 1. The molecule has 2 aliphatic rings. The first-order valence-electron chi connectivity index (χ1n) is 12.1. The van der Waals surface area contributed by atoms with Gasteiger partial charge in [0.05, 0.1) is 25.8 Å². The van der Waals surface area contributed by atoms with Crippen molar-refractivity contribution in [2.75, 3.05) is 53.6 Å². The van der Waals surface area contributed by atoms with E-state index in [0.29, 0.717) is 60.4 Å². The van der Waals surface area contributed by atoms with Gasteiger partial charge in [-0.05, 0) is 43.4 Å². The lowest BCUT2D eigenvalue weighted by molar-refractivity contribution is -0.140. The summed E-state index contributed by atoms with van der Waals surface area (Å²) in [7, 11) is 3.06. The molecule has 4 rings (SSSR count). The predicted molar refractivity (Wildman–Crippen MR) is 134 cm³/mol. The number of nitrogens with zero attached hydrogens (tertiary/aromatic N) is 2. The van der Waals surface area contributed by atoms with E-state index in [-0.39, 0.29) is 11.3 Å². The first-order chi connectivity index (χ1) is 17.4. The fraction of sp³-hybridized carbons (Fsp3) is 0.407. The van der Waals surface area contributed by atoms with Gasteiger partial charge in [-0.2, -0.15) is 0 Å². The van der Waals surface area contributed by atoms with Crippen LogP contribution in [0.15, 0.2) is 42.0 Å². The molecule has 9 nitrogen and oxygen atoms in total. The Kier molecular flexibility index (Phi) is 7.69. The molecule has 0 aromatic heterocycles. The Labute approximate surface area is 210 Å². The third kappa shape index (κ3) is 4.70. The molecule has 0 spiro atoms. The van der Waals surface area contributed by atoms with Crippen molar-refractivity contribution < 1.29 is 33.6 Å². The van der Waals surface area contributed by atoms with Crippen molar-refractivity contribution in [3.8, 4) is 23.0 Å². The van der Waals surface area contributed by atoms with Gasteiger partial charge in [-0.3, -0.25) is 9.59 Å². The minimum Gasteiger partial charge on any atom is -0.507 e. The fourth-order valence-electron chi connectivity index (χ4n) is 4.61. The van der Waals surface area contributed by atoms with Crippen molar-refractivity contribution in [2.24, 2.45) is 0 Å². The number of fused-ring (bicyclic) bond motifs is 1. The van der Waals surface area contributed by atoms with Gasteiger partial charge < -0.3 is 33.9 Å². The maximum Gasteiger partial charge on any atom is 0.295 e. The SMILES string of the molecule is CCN(CC)CCN1C(=O)C(=O)/C(=C(\O)c2ccc3c(c2)OCCO3)C1c1ccc(OC)cc1OC. The summed E-state index contributed by atoms with van der Waals surface area (Å²) in [6.45, 7) is 7.43. The van der Waals surface area contributed by atoms with Crippen molar-refractivity contribution >= 4 is 17.4 Å². The molecule has 2 aromatic carbocycles. The molecule has 0 radical (unpaired) electrons. The van der Waals surface area contributed by atoms with E-state index in [0.717, 1.165) is 13.1 Å². The number of amides is 1. The van der Waals surface area contributed by atoms with Crippen LogP contribution in [-0.2, 0) is 9.59 Å². The molecule has 0 bridgehead atoms. The Morgan fingerprint density at radius 1 is 1.03 bits per heavy atom. The van der Waals surface area contributed by atoms with Crippen LogP contribution in [0.25, 0.3) is 5.76 Å². The average molecular weight is 497 g/mol. The van der Waals surface area contributed by atoms with Gasteiger partial charge in [0.2, 0.25) is 0 Å². The van der Waals surface area contributed by atoms with Crippen LogP contribution in [0.4, 0.5) is 0 Å². The van der Waals surface area contributed by atoms with Crippen molar-refractivity contribution in [2.45, 2.75) is 19.9 Å². The summed E-state index contributed by atoms with van der Waals surface area (Å²) in [6.07, 6.45) is 0. The average Bonchev–Trinajstić information content (AvgIpc) is 3.17. The van der Waals surface area contributed by atoms with E-state index in [2.05, 4.69) is 4.90 Å². The van der Waals surface area contributed by atoms with E-state index < -0.39 is 17.7 Å². The van der Waals surface area contributed by atoms with Crippen LogP contribution in [0.5, 0.6) is 23.0 Å². The molecule has 2 heterocycles. The number of aliphatic hydroxyl groups excluding tert-OH is 1. The van der Waals surface area contributed by atoms with Crippen LogP contribution >= 0.6 is 0 Å². The number of aliphatic hydroxyl groups is 1. The Morgan fingerprint density at radius 3 is 2.42 bits per heavy atom. The quantitative estimate of drug-likeness (QED) is 0.321. The first kappa shape index (κ1) is 25.4. The van der Waals surface area contributed by atoms with Crippen molar-refractivity contribution in [1.29, 1.82) is 0 Å². The molecule has 0 saturated carbocycles. The molecule has 36 heavy (non-hydrogen) atoms. The number of methoxy groups -OCH3 is 2. The minimum atomic E-state index is -0.838. The van der Waals surface area contributed by atoms with Gasteiger partial charge in [0.15, 0.2) is 11.5 Å². The number of benzene rings is 2. The minimum absolute atomic E-state index is 0.000286. The van der Waals surface area contributed by atoms with E-state index in [1.807, 2.05) is 13.8 Å². The third-order valence-corrected chi connectivity index (χ3v) is 6.64. The number of ether oxygens (including phenoxy) is 4. The molecular formula is C27H32N2O7. The highest BCUT2D eigenvalue weighted by atomic mass is 16.6. The van der Waals surface area contributed by atoms with Crippen LogP contribution < -0.4 is 18.9 Å². The standard InChI is InChI=1S/C27H32N2O7/c1-5-28(6-2)11-12-29-24(19-9-8-18(33-3)16-21(19)34-4)23(26(31)27(29)32)25(30)17-7-10-20-22(15-17)36-14-13-35-20/h7-10,15-16,24,30H,5-6,11-14H2,1-4H3/b25-23-. The molecule has 1 fully saturated rings. The molecular weight excluding hydrogens is 464 g/mol. The lowest BCUT2D eigenvalue weighted by atomic mass is 9.94. The van der Waals surface area contributed by atoms with Gasteiger partial charge in [0, 0.05) is 30.3 Å². The Balaban J connectivity index is 1.84. The molecule has 0 aliphatic carbocycles. The highest BCUT2D eigenvalue weighted by Gasteiger charge is 2.47. The highest BCUT2D eigenvalue weighted by Crippen LogP contribution is 2.44. The summed E-state index contributed by atoms with van der Waals surface area (Å²) in [6, 6.07) is 9.31. The van der Waals surface area contributed by atoms with Gasteiger partial charge in [-0.15, -0.1) is 0 Å². The van der Waals surface area contributed by atoms with Crippen molar-refractivity contribution in [1.82, 2.24) is 9.80 Å². The molecule has 2 aliphatic heterocycles. The zero-order chi connectivity index (χ0) is 25.8. The molecule has 2 aromatic rings. The largest absolute Gasteiger partial charge is 0.507 e. The maximum absolute atomic E-state index is 13.4. The van der Waals surface area contributed by atoms with Gasteiger partial charge in [0.1, 0.15) is 30.5 Å². The second-order valence-electron chi connectivity index (χ2n) is 8.49. The normalized spacial score (nSPS) is 18.6. The molecule has 1 amide bonds. The monoisotopic (exact) mass is 496 g/mol. The van der Waals surface area contributed by atoms with Gasteiger partial charge in [0.25, 0.3) is 11.7 Å². The number of likely N-dealkylation sites (tertiary alicyclic amines) is 1.